The number of hydrogen-bond donors (Lipinski definition) is 3. The van der Waals surface area contributed by atoms with Crippen molar-refractivity contribution in [3.63, 3.8) is 0 Å². The third-order valence-corrected chi connectivity index (χ3v) is 4.96. The van der Waals surface area contributed by atoms with Crippen LogP contribution in [-0.2, 0) is 11.2 Å². The highest BCUT2D eigenvalue weighted by atomic mass is 32.1. The first-order valence-electron chi connectivity index (χ1n) is 8.45. The summed E-state index contributed by atoms with van der Waals surface area (Å²) >= 11 is 3.97. The number of carbonyl (C=O) groups excluding carboxylic acids is 1. The molecule has 3 unspecified atom stereocenters. The molecule has 3 N–H and O–H groups in total. The number of nitrogens with one attached hydrogen (secondary N) is 1. The molecule has 3 atom stereocenters. The number of hydrogen-bond acceptors (Lipinski definition) is 4. The average Bonchev–Trinajstić information content (AvgIpc) is 2.89. The van der Waals surface area contributed by atoms with Gasteiger partial charge in [-0.2, -0.15) is 0 Å². The summed E-state index contributed by atoms with van der Waals surface area (Å²) in [6.07, 6.45) is -0.594. The topological polar surface area (TPSA) is 58.4 Å². The first kappa shape index (κ1) is 22.2. The molecule has 0 spiro atoms. The Kier molecular flexibility index (Phi) is 7.85. The van der Waals surface area contributed by atoms with E-state index in [1.807, 2.05) is 4.90 Å². The fourth-order valence-electron chi connectivity index (χ4n) is 3.38. The molecule has 0 saturated carbocycles. The highest BCUT2D eigenvalue weighted by Crippen LogP contribution is 2.29. The number of primary amides is 1. The van der Waals surface area contributed by atoms with Gasteiger partial charge in [-0.1, -0.05) is 31.0 Å². The number of likely N-dealkylation sites (tertiary alicyclic amines) is 1. The van der Waals surface area contributed by atoms with Crippen LogP contribution in [0.5, 0.6) is 0 Å². The number of amides is 1. The van der Waals surface area contributed by atoms with Gasteiger partial charge in [-0.25, -0.2) is 17.6 Å². The molecule has 1 amide bonds. The summed E-state index contributed by atoms with van der Waals surface area (Å²) in [6, 6.07) is 6.81. The van der Waals surface area contributed by atoms with Gasteiger partial charge in [-0.15, -0.1) is 0 Å². The number of halogens is 4. The van der Waals surface area contributed by atoms with E-state index in [2.05, 4.69) is 23.3 Å². The molecule has 1 aliphatic heterocycles. The first-order chi connectivity index (χ1) is 13.3. The van der Waals surface area contributed by atoms with Crippen molar-refractivity contribution in [2.75, 3.05) is 13.6 Å². The molecule has 2 aromatic carbocycles. The second-order valence-corrected chi connectivity index (χ2v) is 6.71. The Bertz CT molecular complexity index is 804. The van der Waals surface area contributed by atoms with Crippen molar-refractivity contribution >= 4 is 19.2 Å². The van der Waals surface area contributed by atoms with Gasteiger partial charge in [0.1, 0.15) is 23.6 Å². The van der Waals surface area contributed by atoms with E-state index in [9.17, 15) is 17.6 Å². The molecule has 0 bridgehead atoms. The molecule has 3 rings (SSSR count). The van der Waals surface area contributed by atoms with Crippen LogP contribution in [0.1, 0.15) is 5.56 Å². The summed E-state index contributed by atoms with van der Waals surface area (Å²) in [5, 5.41) is 0. The lowest BCUT2D eigenvalue weighted by atomic mass is 9.95. The van der Waals surface area contributed by atoms with Gasteiger partial charge >= 0.3 is 0 Å². The third-order valence-electron chi connectivity index (χ3n) is 4.66. The fraction of sp³-hybridized carbons (Fsp3) is 0.316. The standard InChI is InChI=1S/C18H18F4N2S.CH3NO/c1-24-9-15(21)18(23-25)16(24)7-10-3-2-4-14(17(10)22)11-5-12(19)8-13(20)6-11;2-1-3/h2-6,8,15-16,18,23,25H,7,9H2,1H3;1H,(H2,2,3). The van der Waals surface area contributed by atoms with E-state index in [1.165, 1.54) is 6.07 Å². The van der Waals surface area contributed by atoms with Gasteiger partial charge in [-0.3, -0.25) is 14.4 Å². The Hall–Kier alpha value is -2.10. The van der Waals surface area contributed by atoms with Crippen molar-refractivity contribution in [2.24, 2.45) is 5.73 Å². The number of carbonyl (C=O) groups is 1. The van der Waals surface area contributed by atoms with E-state index in [1.54, 1.807) is 19.2 Å². The number of nitrogens with zero attached hydrogens (tertiary/aromatic N) is 1. The van der Waals surface area contributed by atoms with E-state index >= 15 is 0 Å². The Morgan fingerprint density at radius 1 is 1.25 bits per heavy atom. The van der Waals surface area contributed by atoms with Gasteiger partial charge in [0.25, 0.3) is 0 Å². The summed E-state index contributed by atoms with van der Waals surface area (Å²) in [5.74, 6) is -2.09. The van der Waals surface area contributed by atoms with Crippen molar-refractivity contribution in [1.82, 2.24) is 9.62 Å². The second kappa shape index (κ2) is 9.90. The minimum atomic E-state index is -1.10. The number of benzene rings is 2. The normalized spacial score (nSPS) is 21.9. The summed E-state index contributed by atoms with van der Waals surface area (Å²) in [4.78, 5) is 10.4. The number of rotatable bonds is 4. The van der Waals surface area contributed by atoms with Crippen LogP contribution in [0.2, 0.25) is 0 Å². The van der Waals surface area contributed by atoms with Crippen molar-refractivity contribution in [1.29, 1.82) is 0 Å². The van der Waals surface area contributed by atoms with Crippen LogP contribution in [0.25, 0.3) is 11.1 Å². The number of alkyl halides is 1. The largest absolute Gasteiger partial charge is 0.372 e. The first-order valence-corrected chi connectivity index (χ1v) is 8.90. The van der Waals surface area contributed by atoms with Crippen LogP contribution in [0, 0.1) is 17.5 Å². The summed E-state index contributed by atoms with van der Waals surface area (Å²) in [7, 11) is 1.77. The van der Waals surface area contributed by atoms with Gasteiger partial charge in [-0.05, 0) is 36.7 Å². The maximum Gasteiger partial charge on any atom is 0.204 e. The molecule has 1 heterocycles. The average molecular weight is 415 g/mol. The van der Waals surface area contributed by atoms with Gasteiger partial charge < -0.3 is 5.73 Å². The van der Waals surface area contributed by atoms with E-state index in [-0.39, 0.29) is 36.5 Å². The summed E-state index contributed by atoms with van der Waals surface area (Å²) < 4.78 is 58.5. The van der Waals surface area contributed by atoms with Crippen molar-refractivity contribution in [2.45, 2.75) is 24.7 Å². The minimum Gasteiger partial charge on any atom is -0.372 e. The van der Waals surface area contributed by atoms with Crippen LogP contribution in [-0.4, -0.2) is 43.2 Å². The Morgan fingerprint density at radius 2 is 1.86 bits per heavy atom. The zero-order valence-electron chi connectivity index (χ0n) is 15.1. The third kappa shape index (κ3) is 5.03. The van der Waals surface area contributed by atoms with Gasteiger partial charge in [0.15, 0.2) is 0 Å². The highest BCUT2D eigenvalue weighted by Gasteiger charge is 2.39. The molecule has 0 aromatic heterocycles. The Labute approximate surface area is 166 Å². The van der Waals surface area contributed by atoms with Gasteiger partial charge in [0.05, 0.1) is 6.04 Å². The highest BCUT2D eigenvalue weighted by molar-refractivity contribution is 7.78. The van der Waals surface area contributed by atoms with Crippen molar-refractivity contribution < 1.29 is 22.4 Å². The zero-order valence-corrected chi connectivity index (χ0v) is 16.0. The monoisotopic (exact) mass is 415 g/mol. The molecule has 1 fully saturated rings. The molecular weight excluding hydrogens is 394 g/mol. The van der Waals surface area contributed by atoms with E-state index in [0.29, 0.717) is 5.56 Å². The SMILES string of the molecule is CN1CC(F)C(NS)C1Cc1cccc(-c2cc(F)cc(F)c2)c1F.NC=O. The van der Waals surface area contributed by atoms with Crippen LogP contribution in [0.4, 0.5) is 17.6 Å². The van der Waals surface area contributed by atoms with Crippen molar-refractivity contribution in [3.8, 4) is 11.1 Å². The maximum absolute atomic E-state index is 14.9. The van der Waals surface area contributed by atoms with E-state index in [4.69, 9.17) is 4.79 Å². The molecule has 0 radical (unpaired) electrons. The van der Waals surface area contributed by atoms with Crippen molar-refractivity contribution in [3.05, 3.63) is 59.4 Å². The molecule has 2 aromatic rings. The van der Waals surface area contributed by atoms with Crippen LogP contribution in [0.15, 0.2) is 36.4 Å². The zero-order chi connectivity index (χ0) is 20.8. The summed E-state index contributed by atoms with van der Waals surface area (Å²) in [5.41, 5.74) is 4.77. The van der Waals surface area contributed by atoms with Gasteiger partial charge in [0.2, 0.25) is 6.41 Å². The molecular formula is C19H21F4N3OS. The molecule has 1 saturated heterocycles. The number of likely N-dealkylation sites (N-methyl/N-ethyl adjacent to an activating group) is 1. The Balaban J connectivity index is 0.000000878. The van der Waals surface area contributed by atoms with Crippen LogP contribution >= 0.6 is 12.8 Å². The molecule has 4 nitrogen and oxygen atoms in total. The quantitative estimate of drug-likeness (QED) is 0.409. The lowest BCUT2D eigenvalue weighted by molar-refractivity contribution is -0.106. The molecule has 0 aliphatic carbocycles. The molecule has 152 valence electrons. The molecule has 28 heavy (non-hydrogen) atoms. The Morgan fingerprint density at radius 3 is 2.43 bits per heavy atom. The minimum absolute atomic E-state index is 0.115. The van der Waals surface area contributed by atoms with Crippen LogP contribution in [0.3, 0.4) is 0 Å². The summed E-state index contributed by atoms with van der Waals surface area (Å²) in [6.45, 7) is 0.235. The smallest absolute Gasteiger partial charge is 0.204 e. The number of nitrogens with two attached hydrogens (primary N) is 1. The molecule has 9 heteroatoms. The van der Waals surface area contributed by atoms with Gasteiger partial charge in [0, 0.05) is 24.2 Å². The van der Waals surface area contributed by atoms with E-state index in [0.717, 1.165) is 18.2 Å². The molecule has 1 aliphatic rings. The fourth-order valence-corrected chi connectivity index (χ4v) is 3.72. The predicted molar refractivity (Wildman–Crippen MR) is 103 cm³/mol. The number of thiol groups is 1. The second-order valence-electron chi connectivity index (χ2n) is 6.45. The lowest BCUT2D eigenvalue weighted by Crippen LogP contribution is -2.42. The predicted octanol–water partition coefficient (Wildman–Crippen LogP) is 2.87. The van der Waals surface area contributed by atoms with E-state index < -0.39 is 29.7 Å². The van der Waals surface area contributed by atoms with Crippen LogP contribution < -0.4 is 10.5 Å². The lowest BCUT2D eigenvalue weighted by Gasteiger charge is -2.24. The maximum atomic E-state index is 14.9.